The van der Waals surface area contributed by atoms with E-state index in [0.29, 0.717) is 0 Å². The van der Waals surface area contributed by atoms with E-state index in [2.05, 4.69) is 0 Å². The summed E-state index contributed by atoms with van der Waals surface area (Å²) >= 11 is 1.52. The standard InChI is InChI=1S/C2HBrF3O/c3-2(5,6)1(4)7/h1H. The monoisotopic (exact) mass is 177 g/mol. The van der Waals surface area contributed by atoms with Gasteiger partial charge in [0, 0.05) is 0 Å². The number of rotatable bonds is 1. The van der Waals surface area contributed by atoms with E-state index in [-0.39, 0.29) is 0 Å². The molecule has 43 valence electrons. The summed E-state index contributed by atoms with van der Waals surface area (Å²) in [6.07, 6.45) is -3.37. The molecule has 0 aliphatic rings. The highest BCUT2D eigenvalue weighted by Crippen LogP contribution is 2.26. The Morgan fingerprint density at radius 2 is 1.71 bits per heavy atom. The van der Waals surface area contributed by atoms with Crippen molar-refractivity contribution in [3.63, 3.8) is 0 Å². The summed E-state index contributed by atoms with van der Waals surface area (Å²) in [6.45, 7) is 0. The second-order valence-corrected chi connectivity index (χ2v) is 1.91. The van der Waals surface area contributed by atoms with Crippen LogP contribution in [0.2, 0.25) is 0 Å². The van der Waals surface area contributed by atoms with Gasteiger partial charge in [0.2, 0.25) is 0 Å². The lowest BCUT2D eigenvalue weighted by atomic mass is 10.7. The summed E-state index contributed by atoms with van der Waals surface area (Å²) < 4.78 is 33.0. The quantitative estimate of drug-likeness (QED) is 0.544. The van der Waals surface area contributed by atoms with E-state index in [1.54, 1.807) is 0 Å². The molecule has 0 heterocycles. The molecule has 0 spiro atoms. The SMILES string of the molecule is [O]C(F)C(F)(F)Br. The maximum Gasteiger partial charge on any atom is 0.358 e. The molecule has 0 aromatic heterocycles. The molecule has 0 saturated carbocycles. The van der Waals surface area contributed by atoms with Gasteiger partial charge in [-0.25, -0.2) is 4.39 Å². The molecule has 0 rings (SSSR count). The van der Waals surface area contributed by atoms with E-state index < -0.39 is 11.2 Å². The van der Waals surface area contributed by atoms with Gasteiger partial charge in [-0.05, 0) is 15.9 Å². The van der Waals surface area contributed by atoms with Crippen molar-refractivity contribution in [2.24, 2.45) is 0 Å². The van der Waals surface area contributed by atoms with E-state index in [1.807, 2.05) is 0 Å². The molecule has 0 bridgehead atoms. The predicted molar refractivity (Wildman–Crippen MR) is 19.5 cm³/mol. The van der Waals surface area contributed by atoms with E-state index in [9.17, 15) is 13.2 Å². The highest BCUT2D eigenvalue weighted by atomic mass is 79.9. The van der Waals surface area contributed by atoms with Crippen LogP contribution in [0, 0.1) is 0 Å². The van der Waals surface area contributed by atoms with Gasteiger partial charge in [-0.2, -0.15) is 13.9 Å². The first-order chi connectivity index (χ1) is 2.94. The van der Waals surface area contributed by atoms with Gasteiger partial charge >= 0.3 is 11.2 Å². The summed E-state index contributed by atoms with van der Waals surface area (Å²) in [5, 5.41) is 9.09. The zero-order valence-corrected chi connectivity index (χ0v) is 4.58. The van der Waals surface area contributed by atoms with Gasteiger partial charge in [0.1, 0.15) is 0 Å². The lowest BCUT2D eigenvalue weighted by Crippen LogP contribution is -2.19. The van der Waals surface area contributed by atoms with Crippen LogP contribution in [0.25, 0.3) is 0 Å². The van der Waals surface area contributed by atoms with Crippen LogP contribution in [0.5, 0.6) is 0 Å². The highest BCUT2D eigenvalue weighted by molar-refractivity contribution is 9.10. The minimum atomic E-state index is -3.91. The lowest BCUT2D eigenvalue weighted by Gasteiger charge is -2.03. The molecule has 0 aromatic carbocycles. The van der Waals surface area contributed by atoms with E-state index >= 15 is 0 Å². The van der Waals surface area contributed by atoms with Crippen LogP contribution in [0.3, 0.4) is 0 Å². The van der Waals surface area contributed by atoms with Crippen molar-refractivity contribution in [1.82, 2.24) is 0 Å². The first-order valence-electron chi connectivity index (χ1n) is 1.31. The second-order valence-electron chi connectivity index (χ2n) is 0.858. The van der Waals surface area contributed by atoms with Crippen LogP contribution < -0.4 is 0 Å². The van der Waals surface area contributed by atoms with Crippen LogP contribution in [0.15, 0.2) is 0 Å². The second kappa shape index (κ2) is 2.00. The molecule has 0 amide bonds. The van der Waals surface area contributed by atoms with Gasteiger partial charge in [-0.1, -0.05) is 0 Å². The third-order valence-corrected chi connectivity index (χ3v) is 0.617. The van der Waals surface area contributed by atoms with Gasteiger partial charge in [0.25, 0.3) is 0 Å². The maximum atomic E-state index is 11.1. The Balaban J connectivity index is 3.54. The lowest BCUT2D eigenvalue weighted by molar-refractivity contribution is -0.140. The molecular weight excluding hydrogens is 177 g/mol. The molecule has 0 N–H and O–H groups in total. The first kappa shape index (κ1) is 7.23. The summed E-state index contributed by atoms with van der Waals surface area (Å²) in [6, 6.07) is 0. The van der Waals surface area contributed by atoms with E-state index in [4.69, 9.17) is 5.11 Å². The summed E-state index contributed by atoms with van der Waals surface area (Å²) in [7, 11) is 0. The number of halogens is 4. The zero-order chi connectivity index (χ0) is 6.08. The van der Waals surface area contributed by atoms with Crippen molar-refractivity contribution in [2.45, 2.75) is 11.2 Å². The van der Waals surface area contributed by atoms with Crippen molar-refractivity contribution in [3.8, 4) is 0 Å². The molecule has 0 aliphatic carbocycles. The van der Waals surface area contributed by atoms with Crippen LogP contribution in [0.4, 0.5) is 13.2 Å². The minimum absolute atomic E-state index is 1.52. The first-order valence-corrected chi connectivity index (χ1v) is 2.10. The molecule has 0 fully saturated rings. The van der Waals surface area contributed by atoms with Gasteiger partial charge < -0.3 is 0 Å². The molecule has 1 atom stereocenters. The van der Waals surface area contributed by atoms with E-state index in [1.165, 1.54) is 15.9 Å². The molecular formula is C2HBrF3O. The Hall–Kier alpha value is 0.230. The Morgan fingerprint density at radius 1 is 1.57 bits per heavy atom. The smallest absolute Gasteiger partial charge is 0.205 e. The average molecular weight is 178 g/mol. The van der Waals surface area contributed by atoms with Gasteiger partial charge in [0.05, 0.1) is 0 Å². The van der Waals surface area contributed by atoms with Crippen molar-refractivity contribution < 1.29 is 18.3 Å². The van der Waals surface area contributed by atoms with Crippen LogP contribution in [-0.4, -0.2) is 11.2 Å². The van der Waals surface area contributed by atoms with Crippen LogP contribution >= 0.6 is 15.9 Å². The van der Waals surface area contributed by atoms with Crippen molar-refractivity contribution in [2.75, 3.05) is 0 Å². The third-order valence-electron chi connectivity index (χ3n) is 0.257. The molecule has 5 heteroatoms. The van der Waals surface area contributed by atoms with Crippen molar-refractivity contribution >= 4 is 15.9 Å². The van der Waals surface area contributed by atoms with Gasteiger partial charge in [-0.15, -0.1) is 0 Å². The minimum Gasteiger partial charge on any atom is -0.205 e. The number of hydrogen-bond donors (Lipinski definition) is 0. The Morgan fingerprint density at radius 3 is 1.71 bits per heavy atom. The number of alkyl halides is 4. The fraction of sp³-hybridized carbons (Fsp3) is 1.00. The maximum absolute atomic E-state index is 11.1. The molecule has 0 aliphatic heterocycles. The molecule has 0 saturated heterocycles. The molecule has 1 radical (unpaired) electrons. The summed E-state index contributed by atoms with van der Waals surface area (Å²) in [4.78, 5) is -3.91. The Labute approximate surface area is 46.3 Å². The third kappa shape index (κ3) is 2.87. The van der Waals surface area contributed by atoms with Gasteiger partial charge in [0.15, 0.2) is 0 Å². The highest BCUT2D eigenvalue weighted by Gasteiger charge is 2.36. The fourth-order valence-corrected chi connectivity index (χ4v) is 0. The average Bonchev–Trinajstić information content (AvgIpc) is 1.31. The topological polar surface area (TPSA) is 19.9 Å². The van der Waals surface area contributed by atoms with Crippen molar-refractivity contribution in [3.05, 3.63) is 0 Å². The zero-order valence-electron chi connectivity index (χ0n) is 3.00. The summed E-state index contributed by atoms with van der Waals surface area (Å²) in [5.41, 5.74) is 0. The van der Waals surface area contributed by atoms with Crippen molar-refractivity contribution in [1.29, 1.82) is 0 Å². The summed E-state index contributed by atoms with van der Waals surface area (Å²) in [5.74, 6) is 0. The van der Waals surface area contributed by atoms with Crippen LogP contribution in [0.1, 0.15) is 0 Å². The fourth-order valence-electron chi connectivity index (χ4n) is 0. The predicted octanol–water partition coefficient (Wildman–Crippen LogP) is 1.70. The Bertz CT molecular complexity index is 58.4. The normalized spacial score (nSPS) is 16.7. The molecule has 7 heavy (non-hydrogen) atoms. The number of hydrogen-bond acceptors (Lipinski definition) is 0. The molecule has 0 aromatic rings. The largest absolute Gasteiger partial charge is 0.358 e. The van der Waals surface area contributed by atoms with Gasteiger partial charge in [-0.3, -0.25) is 0 Å². The van der Waals surface area contributed by atoms with Crippen LogP contribution in [-0.2, 0) is 5.11 Å². The molecule has 1 unspecified atom stereocenters. The van der Waals surface area contributed by atoms with E-state index in [0.717, 1.165) is 0 Å². The Kier molecular flexibility index (Phi) is 2.07. The molecule has 1 nitrogen and oxygen atoms in total.